The lowest BCUT2D eigenvalue weighted by molar-refractivity contribution is -0.203. The molecule has 1 atom stereocenters. The lowest BCUT2D eigenvalue weighted by atomic mass is 10.0. The van der Waals surface area contributed by atoms with Crippen molar-refractivity contribution in [2.75, 3.05) is 5.32 Å². The van der Waals surface area contributed by atoms with E-state index in [2.05, 4.69) is 5.32 Å². The van der Waals surface area contributed by atoms with Gasteiger partial charge < -0.3 is 15.7 Å². The Morgan fingerprint density at radius 1 is 1.29 bits per heavy atom. The smallest absolute Gasteiger partial charge is 0.422 e. The number of halogens is 4. The minimum atomic E-state index is -5.15. The Bertz CT molecular complexity index is 577. The van der Waals surface area contributed by atoms with Crippen LogP contribution in [0.1, 0.15) is 12.5 Å². The molecular formula is C12H12ClF3N2O3. The van der Waals surface area contributed by atoms with E-state index in [0.717, 1.165) is 0 Å². The van der Waals surface area contributed by atoms with Crippen molar-refractivity contribution in [1.82, 2.24) is 5.32 Å². The van der Waals surface area contributed by atoms with Gasteiger partial charge in [-0.05, 0) is 31.5 Å². The molecule has 1 rings (SSSR count). The molecule has 0 aliphatic rings. The van der Waals surface area contributed by atoms with Crippen LogP contribution in [0.3, 0.4) is 0 Å². The molecule has 0 aliphatic heterocycles. The van der Waals surface area contributed by atoms with Crippen LogP contribution < -0.4 is 10.6 Å². The normalized spacial score (nSPS) is 14.2. The molecule has 21 heavy (non-hydrogen) atoms. The lowest BCUT2D eigenvalue weighted by Gasteiger charge is -2.28. The number of carbonyl (C=O) groups is 2. The van der Waals surface area contributed by atoms with Gasteiger partial charge in [-0.15, -0.1) is 0 Å². The van der Waals surface area contributed by atoms with Crippen LogP contribution in [0.25, 0.3) is 0 Å². The maximum absolute atomic E-state index is 12.8. The summed E-state index contributed by atoms with van der Waals surface area (Å²) < 4.78 is 38.3. The molecule has 0 heterocycles. The summed E-state index contributed by atoms with van der Waals surface area (Å²) in [4.78, 5) is 22.4. The Kier molecular flexibility index (Phi) is 4.72. The van der Waals surface area contributed by atoms with Gasteiger partial charge in [0.15, 0.2) is 0 Å². The van der Waals surface area contributed by atoms with Crippen LogP contribution in [-0.4, -0.2) is 28.8 Å². The van der Waals surface area contributed by atoms with E-state index < -0.39 is 23.7 Å². The van der Waals surface area contributed by atoms with Gasteiger partial charge in [0, 0.05) is 10.7 Å². The van der Waals surface area contributed by atoms with Crippen molar-refractivity contribution in [2.24, 2.45) is 0 Å². The maximum Gasteiger partial charge on any atom is 0.422 e. The number of amides is 2. The molecule has 1 aromatic carbocycles. The average molecular weight is 325 g/mol. The molecule has 0 saturated heterocycles. The molecule has 0 aromatic heterocycles. The van der Waals surface area contributed by atoms with Gasteiger partial charge in [0.05, 0.1) is 0 Å². The largest absolute Gasteiger partial charge is 0.479 e. The number of alkyl halides is 3. The van der Waals surface area contributed by atoms with E-state index in [1.54, 1.807) is 6.92 Å². The number of urea groups is 1. The number of carboxylic acids is 1. The first-order valence-corrected chi connectivity index (χ1v) is 6.01. The molecule has 1 unspecified atom stereocenters. The predicted molar refractivity (Wildman–Crippen MR) is 70.4 cm³/mol. The number of carbonyl (C=O) groups excluding carboxylic acids is 1. The number of benzene rings is 1. The Morgan fingerprint density at radius 3 is 2.33 bits per heavy atom. The summed E-state index contributed by atoms with van der Waals surface area (Å²) in [5.41, 5.74) is -2.78. The van der Waals surface area contributed by atoms with Crippen molar-refractivity contribution in [3.05, 3.63) is 28.8 Å². The van der Waals surface area contributed by atoms with Crippen LogP contribution >= 0.6 is 11.6 Å². The van der Waals surface area contributed by atoms with E-state index in [1.165, 1.54) is 23.5 Å². The number of hydrogen-bond acceptors (Lipinski definition) is 2. The Hall–Kier alpha value is -1.96. The molecule has 5 nitrogen and oxygen atoms in total. The molecule has 0 radical (unpaired) electrons. The van der Waals surface area contributed by atoms with Gasteiger partial charge in [-0.2, -0.15) is 13.2 Å². The molecule has 1 aromatic rings. The number of rotatable bonds is 3. The second kappa shape index (κ2) is 5.80. The van der Waals surface area contributed by atoms with Crippen LogP contribution in [0.15, 0.2) is 18.2 Å². The van der Waals surface area contributed by atoms with Gasteiger partial charge in [0.2, 0.25) is 5.54 Å². The van der Waals surface area contributed by atoms with Crippen LogP contribution in [0, 0.1) is 6.92 Å². The topological polar surface area (TPSA) is 78.4 Å². The number of anilines is 1. The van der Waals surface area contributed by atoms with Gasteiger partial charge in [-0.3, -0.25) is 0 Å². The first kappa shape index (κ1) is 17.1. The highest BCUT2D eigenvalue weighted by Gasteiger charge is 2.58. The molecule has 0 saturated carbocycles. The highest BCUT2D eigenvalue weighted by atomic mass is 35.5. The van der Waals surface area contributed by atoms with E-state index in [4.69, 9.17) is 16.7 Å². The zero-order valence-electron chi connectivity index (χ0n) is 11.0. The lowest BCUT2D eigenvalue weighted by Crippen LogP contribution is -2.62. The van der Waals surface area contributed by atoms with E-state index in [9.17, 15) is 22.8 Å². The second-order valence-electron chi connectivity index (χ2n) is 4.42. The van der Waals surface area contributed by atoms with Gasteiger partial charge in [0.25, 0.3) is 0 Å². The van der Waals surface area contributed by atoms with E-state index in [0.29, 0.717) is 17.5 Å². The van der Waals surface area contributed by atoms with Gasteiger partial charge in [-0.25, -0.2) is 9.59 Å². The van der Waals surface area contributed by atoms with Gasteiger partial charge in [0.1, 0.15) is 0 Å². The highest BCUT2D eigenvalue weighted by molar-refractivity contribution is 6.31. The van der Waals surface area contributed by atoms with Gasteiger partial charge >= 0.3 is 18.2 Å². The Balaban J connectivity index is 2.95. The molecule has 0 aliphatic carbocycles. The van der Waals surface area contributed by atoms with Crippen molar-refractivity contribution in [3.8, 4) is 0 Å². The molecule has 0 fully saturated rings. The number of hydrogen-bond donors (Lipinski definition) is 3. The van der Waals surface area contributed by atoms with Crippen LogP contribution in [0.4, 0.5) is 23.7 Å². The van der Waals surface area contributed by atoms with Crippen LogP contribution in [-0.2, 0) is 4.79 Å². The fourth-order valence-electron chi connectivity index (χ4n) is 1.37. The molecule has 9 heteroatoms. The van der Waals surface area contributed by atoms with Crippen molar-refractivity contribution in [2.45, 2.75) is 25.6 Å². The summed E-state index contributed by atoms with van der Waals surface area (Å²) in [6.45, 7) is 1.91. The molecular weight excluding hydrogens is 313 g/mol. The zero-order chi connectivity index (χ0) is 16.4. The zero-order valence-corrected chi connectivity index (χ0v) is 11.8. The molecule has 0 bridgehead atoms. The second-order valence-corrected chi connectivity index (χ2v) is 4.83. The third kappa shape index (κ3) is 3.57. The quantitative estimate of drug-likeness (QED) is 0.799. The summed E-state index contributed by atoms with van der Waals surface area (Å²) in [7, 11) is 0. The van der Waals surface area contributed by atoms with E-state index in [1.807, 2.05) is 0 Å². The molecule has 116 valence electrons. The minimum Gasteiger partial charge on any atom is -0.479 e. The molecule has 2 amide bonds. The average Bonchev–Trinajstić information content (AvgIpc) is 2.33. The van der Waals surface area contributed by atoms with Crippen molar-refractivity contribution in [3.63, 3.8) is 0 Å². The fraction of sp³-hybridized carbons (Fsp3) is 0.333. The molecule has 0 spiro atoms. The number of nitrogens with one attached hydrogen (secondary N) is 2. The summed E-state index contributed by atoms with van der Waals surface area (Å²) in [5, 5.41) is 12.6. The third-order valence-corrected chi connectivity index (χ3v) is 3.28. The standard InChI is InChI=1S/C12H12ClF3N2O3/c1-6-7(13)4-3-5-8(6)17-10(21)18-11(2,9(19)20)12(14,15)16/h3-5H,1-2H3,(H,19,20)(H2,17,18,21). The molecule has 3 N–H and O–H groups in total. The van der Waals surface area contributed by atoms with Crippen molar-refractivity contribution in [1.29, 1.82) is 0 Å². The first-order valence-electron chi connectivity index (χ1n) is 5.63. The van der Waals surface area contributed by atoms with Crippen molar-refractivity contribution < 1.29 is 27.9 Å². The van der Waals surface area contributed by atoms with Gasteiger partial charge in [-0.1, -0.05) is 17.7 Å². The predicted octanol–water partition coefficient (Wildman–Crippen LogP) is 3.18. The maximum atomic E-state index is 12.8. The third-order valence-electron chi connectivity index (χ3n) is 2.87. The summed E-state index contributed by atoms with van der Waals surface area (Å²) >= 11 is 5.81. The van der Waals surface area contributed by atoms with Crippen LogP contribution in [0.2, 0.25) is 5.02 Å². The number of carboxylic acid groups (broad SMARTS) is 1. The minimum absolute atomic E-state index is 0.176. The van der Waals surface area contributed by atoms with Crippen LogP contribution in [0.5, 0.6) is 0 Å². The van der Waals surface area contributed by atoms with E-state index in [-0.39, 0.29) is 5.69 Å². The fourth-order valence-corrected chi connectivity index (χ4v) is 1.54. The number of aliphatic carboxylic acids is 1. The summed E-state index contributed by atoms with van der Waals surface area (Å²) in [6, 6.07) is 3.15. The summed E-state index contributed by atoms with van der Waals surface area (Å²) in [6.07, 6.45) is -5.15. The SMILES string of the molecule is Cc1c(Cl)cccc1NC(=O)NC(C)(C(=O)O)C(F)(F)F. The summed E-state index contributed by atoms with van der Waals surface area (Å²) in [5.74, 6) is -2.21. The monoisotopic (exact) mass is 324 g/mol. The Morgan fingerprint density at radius 2 is 1.86 bits per heavy atom. The van der Waals surface area contributed by atoms with Crippen molar-refractivity contribution >= 4 is 29.3 Å². The highest BCUT2D eigenvalue weighted by Crippen LogP contribution is 2.30. The Labute approximate surface area is 123 Å². The van der Waals surface area contributed by atoms with E-state index >= 15 is 0 Å². The first-order chi connectivity index (χ1) is 9.49.